The predicted octanol–water partition coefficient (Wildman–Crippen LogP) is 4.44. The van der Waals surface area contributed by atoms with Crippen LogP contribution >= 0.6 is 11.6 Å². The lowest BCUT2D eigenvalue weighted by atomic mass is 10.0. The minimum Gasteiger partial charge on any atom is -0.288 e. The lowest BCUT2D eigenvalue weighted by molar-refractivity contribution is 0.103. The maximum absolute atomic E-state index is 14.7. The summed E-state index contributed by atoms with van der Waals surface area (Å²) in [5, 5.41) is -0.544. The van der Waals surface area contributed by atoms with Crippen molar-refractivity contribution in [2.45, 2.75) is 20.3 Å². The van der Waals surface area contributed by atoms with Gasteiger partial charge in [-0.3, -0.25) is 19.1 Å². The number of nitrogens with one attached hydrogen (secondary N) is 1. The number of nitrogens with zero attached hydrogens (tertiary/aromatic N) is 4. The van der Waals surface area contributed by atoms with E-state index < -0.39 is 43.7 Å². The molecule has 0 fully saturated rings. The van der Waals surface area contributed by atoms with Gasteiger partial charge in [0.25, 0.3) is 0 Å². The van der Waals surface area contributed by atoms with Crippen LogP contribution in [-0.4, -0.2) is 39.5 Å². The number of ketones is 1. The zero-order valence-corrected chi connectivity index (χ0v) is 19.6. The number of hydrogen-bond donors (Lipinski definition) is 1. The highest BCUT2D eigenvalue weighted by Gasteiger charge is 2.26. The normalized spacial score (nSPS) is 11.7. The molecule has 0 aliphatic rings. The third-order valence-corrected chi connectivity index (χ3v) is 6.85. The number of carbonyl (C=O) groups is 1. The smallest absolute Gasteiger partial charge is 0.232 e. The highest BCUT2D eigenvalue weighted by atomic mass is 35.5. The van der Waals surface area contributed by atoms with Crippen LogP contribution in [-0.2, 0) is 10.0 Å². The quantitative estimate of drug-likeness (QED) is 0.294. The number of fused-ring (bicyclic) bond motifs is 1. The van der Waals surface area contributed by atoms with E-state index >= 15 is 0 Å². The van der Waals surface area contributed by atoms with Crippen LogP contribution in [0.1, 0.15) is 35.0 Å². The van der Waals surface area contributed by atoms with E-state index in [0.29, 0.717) is 29.3 Å². The molecule has 12 heteroatoms. The summed E-state index contributed by atoms with van der Waals surface area (Å²) >= 11 is 6.17. The van der Waals surface area contributed by atoms with Crippen LogP contribution in [0.4, 0.5) is 14.5 Å². The van der Waals surface area contributed by atoms with Gasteiger partial charge in [0.15, 0.2) is 23.2 Å². The third kappa shape index (κ3) is 4.48. The van der Waals surface area contributed by atoms with Crippen molar-refractivity contribution in [3.8, 4) is 5.82 Å². The fraction of sp³-hybridized carbons (Fsp3) is 0.182. The van der Waals surface area contributed by atoms with Crippen molar-refractivity contribution in [2.24, 2.45) is 0 Å². The minimum atomic E-state index is -3.86. The van der Waals surface area contributed by atoms with Gasteiger partial charge < -0.3 is 0 Å². The zero-order chi connectivity index (χ0) is 24.6. The number of aryl methyl sites for hydroxylation is 1. The molecule has 0 atom stereocenters. The average molecular weight is 506 g/mol. The monoisotopic (exact) mass is 505 g/mol. The molecule has 2 aromatic carbocycles. The Morgan fingerprint density at radius 1 is 1.18 bits per heavy atom. The van der Waals surface area contributed by atoms with Gasteiger partial charge in [-0.25, -0.2) is 27.2 Å². The highest BCUT2D eigenvalue weighted by molar-refractivity contribution is 7.92. The Bertz CT molecular complexity index is 1540. The van der Waals surface area contributed by atoms with Gasteiger partial charge in [0, 0.05) is 23.5 Å². The molecule has 0 aliphatic carbocycles. The Morgan fingerprint density at radius 2 is 1.94 bits per heavy atom. The number of aromatic nitrogens is 4. The summed E-state index contributed by atoms with van der Waals surface area (Å²) in [4.78, 5) is 26.0. The second kappa shape index (κ2) is 9.07. The van der Waals surface area contributed by atoms with E-state index in [0.717, 1.165) is 5.69 Å². The lowest BCUT2D eigenvalue weighted by Crippen LogP contribution is -2.18. The number of hydrogen-bond acceptors (Lipinski definition) is 6. The van der Waals surface area contributed by atoms with Gasteiger partial charge in [0.1, 0.15) is 6.33 Å². The first-order valence-corrected chi connectivity index (χ1v) is 12.1. The van der Waals surface area contributed by atoms with Crippen molar-refractivity contribution in [1.29, 1.82) is 0 Å². The molecule has 4 rings (SSSR count). The molecule has 0 saturated heterocycles. The van der Waals surface area contributed by atoms with Gasteiger partial charge in [-0.1, -0.05) is 18.5 Å². The van der Waals surface area contributed by atoms with Gasteiger partial charge in [-0.15, -0.1) is 0 Å². The lowest BCUT2D eigenvalue weighted by Gasteiger charge is -2.13. The molecule has 176 valence electrons. The molecule has 1 N–H and O–H groups in total. The summed E-state index contributed by atoms with van der Waals surface area (Å²) in [7, 11) is -3.86. The van der Waals surface area contributed by atoms with Crippen LogP contribution in [0.25, 0.3) is 16.9 Å². The zero-order valence-electron chi connectivity index (χ0n) is 18.0. The molecule has 0 spiro atoms. The van der Waals surface area contributed by atoms with Crippen molar-refractivity contribution in [3.63, 3.8) is 0 Å². The maximum atomic E-state index is 14.7. The van der Waals surface area contributed by atoms with Crippen LogP contribution < -0.4 is 4.72 Å². The Labute approximate surface area is 198 Å². The molecule has 0 saturated carbocycles. The number of benzene rings is 2. The van der Waals surface area contributed by atoms with Gasteiger partial charge in [0.05, 0.1) is 39.3 Å². The fourth-order valence-corrected chi connectivity index (χ4v) is 4.83. The summed E-state index contributed by atoms with van der Waals surface area (Å²) in [5.41, 5.74) is 0.369. The van der Waals surface area contributed by atoms with E-state index in [-0.39, 0.29) is 11.3 Å². The molecule has 34 heavy (non-hydrogen) atoms. The van der Waals surface area contributed by atoms with Crippen LogP contribution in [0, 0.1) is 18.6 Å². The molecule has 0 aliphatic heterocycles. The molecule has 4 aromatic rings. The number of anilines is 1. The number of imidazole rings is 1. The first kappa shape index (κ1) is 23.7. The van der Waals surface area contributed by atoms with Crippen LogP contribution in [0.3, 0.4) is 0 Å². The van der Waals surface area contributed by atoms with Crippen LogP contribution in [0.15, 0.2) is 43.0 Å². The molecule has 0 amide bonds. The fourth-order valence-electron chi connectivity index (χ4n) is 3.37. The van der Waals surface area contributed by atoms with Gasteiger partial charge in [-0.2, -0.15) is 0 Å². The van der Waals surface area contributed by atoms with Gasteiger partial charge >= 0.3 is 0 Å². The highest BCUT2D eigenvalue weighted by Crippen LogP contribution is 2.33. The third-order valence-electron chi connectivity index (χ3n) is 4.98. The number of rotatable bonds is 7. The summed E-state index contributed by atoms with van der Waals surface area (Å²) in [6, 6.07) is 4.87. The average Bonchev–Trinajstić information content (AvgIpc) is 3.22. The summed E-state index contributed by atoms with van der Waals surface area (Å²) in [5.74, 6) is -3.64. The van der Waals surface area contributed by atoms with Crippen molar-refractivity contribution in [2.75, 3.05) is 10.5 Å². The molecule has 0 radical (unpaired) electrons. The van der Waals surface area contributed by atoms with E-state index in [9.17, 15) is 22.0 Å². The number of sulfonamides is 1. The number of carbonyl (C=O) groups excluding carboxylic acids is 1. The second-order valence-electron chi connectivity index (χ2n) is 7.50. The van der Waals surface area contributed by atoms with E-state index in [2.05, 4.69) is 19.7 Å². The molecule has 0 bridgehead atoms. The largest absolute Gasteiger partial charge is 0.288 e. The van der Waals surface area contributed by atoms with E-state index in [1.165, 1.54) is 24.4 Å². The van der Waals surface area contributed by atoms with Crippen LogP contribution in [0.2, 0.25) is 5.02 Å². The first-order valence-electron chi connectivity index (χ1n) is 10.1. The molecular weight excluding hydrogens is 488 g/mol. The SMILES string of the molecule is CCCS(=O)(=O)Nc1cc(F)c(F)c(C(=O)c2ccc3ncc(-n4cncc4C)nc3c2)c1Cl. The van der Waals surface area contributed by atoms with Gasteiger partial charge in [0.2, 0.25) is 10.0 Å². The first-order chi connectivity index (χ1) is 16.1. The molecule has 0 unspecified atom stereocenters. The standard InChI is InChI=1S/C22H18ClF2N5O3S/c1-3-6-34(32,33)29-17-8-14(24)21(25)19(20(17)23)22(31)13-4-5-15-16(7-13)28-18(10-27-15)30-11-26-9-12(30)2/h4-5,7-11,29H,3,6H2,1-2H3. The predicted molar refractivity (Wildman–Crippen MR) is 124 cm³/mol. The Hall–Kier alpha value is -3.44. The van der Waals surface area contributed by atoms with Crippen molar-refractivity contribution in [1.82, 2.24) is 19.5 Å². The molecule has 8 nitrogen and oxygen atoms in total. The van der Waals surface area contributed by atoms with Crippen molar-refractivity contribution >= 4 is 44.1 Å². The minimum absolute atomic E-state index is 0.0323. The molecular formula is C22H18ClF2N5O3S. The van der Waals surface area contributed by atoms with E-state index in [4.69, 9.17) is 11.6 Å². The molecule has 2 aromatic heterocycles. The second-order valence-corrected chi connectivity index (χ2v) is 9.72. The Balaban J connectivity index is 1.79. The van der Waals surface area contributed by atoms with Crippen molar-refractivity contribution < 1.29 is 22.0 Å². The van der Waals surface area contributed by atoms with E-state index in [1.54, 1.807) is 24.0 Å². The molecule has 2 heterocycles. The number of halogens is 3. The summed E-state index contributed by atoms with van der Waals surface area (Å²) in [6.45, 7) is 3.48. The Kier molecular flexibility index (Phi) is 6.32. The Morgan fingerprint density at radius 3 is 2.62 bits per heavy atom. The van der Waals surface area contributed by atoms with Crippen molar-refractivity contribution in [3.05, 3.63) is 76.5 Å². The van der Waals surface area contributed by atoms with E-state index in [1.807, 2.05) is 6.92 Å². The summed E-state index contributed by atoms with van der Waals surface area (Å²) in [6.07, 6.45) is 5.04. The van der Waals surface area contributed by atoms with Gasteiger partial charge in [-0.05, 0) is 31.5 Å². The maximum Gasteiger partial charge on any atom is 0.232 e. The summed E-state index contributed by atoms with van der Waals surface area (Å²) < 4.78 is 57.0. The topological polar surface area (TPSA) is 107 Å². The van der Waals surface area contributed by atoms with Crippen LogP contribution in [0.5, 0.6) is 0 Å².